The van der Waals surface area contributed by atoms with Crippen molar-refractivity contribution in [1.29, 1.82) is 0 Å². The predicted molar refractivity (Wildman–Crippen MR) is 74.7 cm³/mol. The fraction of sp³-hybridized carbons (Fsp3) is 0.667. The molecule has 0 spiro atoms. The first-order valence-electron chi connectivity index (χ1n) is 7.33. The normalized spacial score (nSPS) is 25.1. The van der Waals surface area contributed by atoms with E-state index < -0.39 is 0 Å². The maximum absolute atomic E-state index is 4.58. The number of nitrogens with one attached hydrogen (secondary N) is 1. The van der Waals surface area contributed by atoms with Crippen LogP contribution in [0.2, 0.25) is 0 Å². The maximum atomic E-state index is 4.58. The van der Waals surface area contributed by atoms with Crippen LogP contribution in [0.25, 0.3) is 0 Å². The molecule has 0 bridgehead atoms. The lowest BCUT2D eigenvalue weighted by molar-refractivity contribution is 0.271. The highest BCUT2D eigenvalue weighted by atomic mass is 15.2. The average Bonchev–Trinajstić information content (AvgIpc) is 2.83. The van der Waals surface area contributed by atoms with Gasteiger partial charge in [-0.25, -0.2) is 4.98 Å². The summed E-state index contributed by atoms with van der Waals surface area (Å²) in [5, 5.41) is 3.50. The summed E-state index contributed by atoms with van der Waals surface area (Å²) in [5.41, 5.74) is 1.38. The van der Waals surface area contributed by atoms with Gasteiger partial charge in [-0.15, -0.1) is 0 Å². The molecule has 1 aliphatic heterocycles. The quantitative estimate of drug-likeness (QED) is 0.883. The van der Waals surface area contributed by atoms with Gasteiger partial charge in [-0.3, -0.25) is 4.90 Å². The monoisotopic (exact) mass is 245 g/mol. The van der Waals surface area contributed by atoms with Crippen molar-refractivity contribution in [1.82, 2.24) is 9.88 Å². The van der Waals surface area contributed by atoms with E-state index in [9.17, 15) is 0 Å². The van der Waals surface area contributed by atoms with Crippen molar-refractivity contribution in [2.75, 3.05) is 18.4 Å². The minimum absolute atomic E-state index is 0.597. The fourth-order valence-corrected chi connectivity index (χ4v) is 3.03. The zero-order chi connectivity index (χ0) is 12.4. The van der Waals surface area contributed by atoms with Crippen LogP contribution in [-0.2, 0) is 0 Å². The van der Waals surface area contributed by atoms with E-state index in [0.29, 0.717) is 12.1 Å². The summed E-state index contributed by atoms with van der Waals surface area (Å²) < 4.78 is 0. The standard InChI is InChI=1S/C15H23N3/c1-2-18-10-4-7-14(18)12-8-9-15(16-11-12)17-13-5-3-6-13/h8-9,11,13-14H,2-7,10H2,1H3,(H,16,17)/t14-/m1/s1. The largest absolute Gasteiger partial charge is 0.367 e. The number of likely N-dealkylation sites (tertiary alicyclic amines) is 1. The molecule has 1 N–H and O–H groups in total. The molecule has 1 aromatic heterocycles. The van der Waals surface area contributed by atoms with Crippen LogP contribution >= 0.6 is 0 Å². The summed E-state index contributed by atoms with van der Waals surface area (Å²) in [6.45, 7) is 4.63. The van der Waals surface area contributed by atoms with E-state index in [4.69, 9.17) is 0 Å². The maximum Gasteiger partial charge on any atom is 0.126 e. The van der Waals surface area contributed by atoms with Crippen molar-refractivity contribution in [3.8, 4) is 0 Å². The Kier molecular flexibility index (Phi) is 3.50. The van der Waals surface area contributed by atoms with E-state index >= 15 is 0 Å². The number of hydrogen-bond acceptors (Lipinski definition) is 3. The van der Waals surface area contributed by atoms with Gasteiger partial charge in [-0.05, 0) is 56.8 Å². The molecule has 18 heavy (non-hydrogen) atoms. The molecule has 2 fully saturated rings. The van der Waals surface area contributed by atoms with Crippen molar-refractivity contribution in [2.45, 2.75) is 51.1 Å². The molecule has 3 nitrogen and oxygen atoms in total. The SMILES string of the molecule is CCN1CCC[C@@H]1c1ccc(NC2CCC2)nc1. The molecular weight excluding hydrogens is 222 g/mol. The summed E-state index contributed by atoms with van der Waals surface area (Å²) in [5.74, 6) is 1.05. The first-order chi connectivity index (χ1) is 8.86. The molecule has 98 valence electrons. The molecule has 1 saturated carbocycles. The Morgan fingerprint density at radius 1 is 1.28 bits per heavy atom. The third kappa shape index (κ3) is 2.37. The Bertz CT molecular complexity index is 383. The summed E-state index contributed by atoms with van der Waals surface area (Å²) >= 11 is 0. The van der Waals surface area contributed by atoms with Gasteiger partial charge in [0.1, 0.15) is 5.82 Å². The summed E-state index contributed by atoms with van der Waals surface area (Å²) in [7, 11) is 0. The second-order valence-electron chi connectivity index (χ2n) is 5.54. The minimum atomic E-state index is 0.597. The molecule has 0 radical (unpaired) electrons. The number of aromatic nitrogens is 1. The molecule has 1 aliphatic carbocycles. The van der Waals surface area contributed by atoms with E-state index in [1.54, 1.807) is 0 Å². The topological polar surface area (TPSA) is 28.2 Å². The Morgan fingerprint density at radius 2 is 2.17 bits per heavy atom. The van der Waals surface area contributed by atoms with Gasteiger partial charge in [-0.2, -0.15) is 0 Å². The van der Waals surface area contributed by atoms with Gasteiger partial charge in [-0.1, -0.05) is 13.0 Å². The molecule has 1 saturated heterocycles. The van der Waals surface area contributed by atoms with Gasteiger partial charge in [0.05, 0.1) is 0 Å². The predicted octanol–water partition coefficient (Wildman–Crippen LogP) is 3.20. The van der Waals surface area contributed by atoms with Gasteiger partial charge < -0.3 is 5.32 Å². The van der Waals surface area contributed by atoms with Crippen molar-refractivity contribution >= 4 is 5.82 Å². The molecule has 1 atom stereocenters. The first-order valence-corrected chi connectivity index (χ1v) is 7.33. The molecular formula is C15H23N3. The summed E-state index contributed by atoms with van der Waals surface area (Å²) in [6, 6.07) is 5.68. The van der Waals surface area contributed by atoms with Crippen LogP contribution in [0.1, 0.15) is 50.6 Å². The molecule has 3 rings (SSSR count). The third-order valence-electron chi connectivity index (χ3n) is 4.40. The molecule has 3 heteroatoms. The lowest BCUT2D eigenvalue weighted by Gasteiger charge is -2.27. The number of rotatable bonds is 4. The van der Waals surface area contributed by atoms with Gasteiger partial charge in [0.25, 0.3) is 0 Å². The highest BCUT2D eigenvalue weighted by molar-refractivity contribution is 5.38. The van der Waals surface area contributed by atoms with Gasteiger partial charge in [0, 0.05) is 18.3 Å². The Hall–Kier alpha value is -1.09. The number of nitrogens with zero attached hydrogens (tertiary/aromatic N) is 2. The van der Waals surface area contributed by atoms with Crippen LogP contribution in [-0.4, -0.2) is 29.0 Å². The van der Waals surface area contributed by atoms with E-state index in [1.165, 1.54) is 44.2 Å². The first kappa shape index (κ1) is 12.0. The Labute approximate surface area is 110 Å². The van der Waals surface area contributed by atoms with Gasteiger partial charge >= 0.3 is 0 Å². The van der Waals surface area contributed by atoms with Crippen molar-refractivity contribution < 1.29 is 0 Å². The number of pyridine rings is 1. The van der Waals surface area contributed by atoms with Crippen molar-refractivity contribution in [3.63, 3.8) is 0 Å². The van der Waals surface area contributed by atoms with Gasteiger partial charge in [0.15, 0.2) is 0 Å². The molecule has 2 heterocycles. The molecule has 0 unspecified atom stereocenters. The molecule has 2 aliphatic rings. The molecule has 0 aromatic carbocycles. The molecule has 1 aromatic rings. The van der Waals surface area contributed by atoms with E-state index in [2.05, 4.69) is 40.5 Å². The highest BCUT2D eigenvalue weighted by Gasteiger charge is 2.24. The van der Waals surface area contributed by atoms with Crippen LogP contribution in [0.15, 0.2) is 18.3 Å². The van der Waals surface area contributed by atoms with Crippen molar-refractivity contribution in [2.24, 2.45) is 0 Å². The Morgan fingerprint density at radius 3 is 2.78 bits per heavy atom. The lowest BCUT2D eigenvalue weighted by Crippen LogP contribution is -2.27. The van der Waals surface area contributed by atoms with Crippen molar-refractivity contribution in [3.05, 3.63) is 23.9 Å². The highest BCUT2D eigenvalue weighted by Crippen LogP contribution is 2.31. The zero-order valence-electron chi connectivity index (χ0n) is 11.2. The van der Waals surface area contributed by atoms with Gasteiger partial charge in [0.2, 0.25) is 0 Å². The van der Waals surface area contributed by atoms with E-state index in [1.807, 2.05) is 0 Å². The fourth-order valence-electron chi connectivity index (χ4n) is 3.03. The summed E-state index contributed by atoms with van der Waals surface area (Å²) in [6.07, 6.45) is 8.64. The number of hydrogen-bond donors (Lipinski definition) is 1. The van der Waals surface area contributed by atoms with Crippen LogP contribution in [0.3, 0.4) is 0 Å². The zero-order valence-corrected chi connectivity index (χ0v) is 11.2. The average molecular weight is 245 g/mol. The smallest absolute Gasteiger partial charge is 0.126 e. The second-order valence-corrected chi connectivity index (χ2v) is 5.54. The van der Waals surface area contributed by atoms with Crippen LogP contribution in [0.4, 0.5) is 5.82 Å². The Balaban J connectivity index is 1.66. The summed E-state index contributed by atoms with van der Waals surface area (Å²) in [4.78, 5) is 7.13. The lowest BCUT2D eigenvalue weighted by atomic mass is 9.93. The van der Waals surface area contributed by atoms with E-state index in [-0.39, 0.29) is 0 Å². The number of anilines is 1. The van der Waals surface area contributed by atoms with Crippen LogP contribution in [0, 0.1) is 0 Å². The van der Waals surface area contributed by atoms with Crippen LogP contribution < -0.4 is 5.32 Å². The molecule has 0 amide bonds. The minimum Gasteiger partial charge on any atom is -0.367 e. The van der Waals surface area contributed by atoms with Crippen LogP contribution in [0.5, 0.6) is 0 Å². The second kappa shape index (κ2) is 5.27. The van der Waals surface area contributed by atoms with E-state index in [0.717, 1.165) is 12.4 Å². The third-order valence-corrected chi connectivity index (χ3v) is 4.40.